The molecule has 1 aromatic carbocycles. The fourth-order valence-electron chi connectivity index (χ4n) is 3.58. The Kier molecular flexibility index (Phi) is 5.12. The van der Waals surface area contributed by atoms with Crippen LogP contribution in [0.2, 0.25) is 0 Å². The third kappa shape index (κ3) is 4.03. The van der Waals surface area contributed by atoms with E-state index in [0.717, 1.165) is 42.7 Å². The number of aliphatic carboxylic acids is 1. The van der Waals surface area contributed by atoms with Crippen molar-refractivity contribution in [1.29, 1.82) is 0 Å². The number of likely N-dealkylation sites (tertiary alicyclic amines) is 1. The van der Waals surface area contributed by atoms with E-state index < -0.39 is 5.97 Å². The lowest BCUT2D eigenvalue weighted by Gasteiger charge is -2.19. The molecule has 29 heavy (non-hydrogen) atoms. The van der Waals surface area contributed by atoms with Crippen molar-refractivity contribution in [2.75, 3.05) is 18.4 Å². The van der Waals surface area contributed by atoms with E-state index in [2.05, 4.69) is 15.3 Å². The number of fused-ring (bicyclic) bond motifs is 1. The number of aryl methyl sites for hydroxylation is 1. The molecule has 7 heteroatoms. The van der Waals surface area contributed by atoms with Gasteiger partial charge >= 0.3 is 5.97 Å². The SMILES string of the molecule is Cc1ccc2c(Nc3ccc(CC(=O)O)cc3)c(C(=O)N3CCCC3)cnc2n1. The number of nitrogens with zero attached hydrogens (tertiary/aromatic N) is 3. The molecule has 0 radical (unpaired) electrons. The number of anilines is 2. The molecular formula is C22H22N4O3. The molecule has 1 aliphatic heterocycles. The first-order chi connectivity index (χ1) is 14.0. The summed E-state index contributed by atoms with van der Waals surface area (Å²) in [6, 6.07) is 11.0. The fourth-order valence-corrected chi connectivity index (χ4v) is 3.58. The Morgan fingerprint density at radius 2 is 1.83 bits per heavy atom. The third-order valence-corrected chi connectivity index (χ3v) is 5.07. The van der Waals surface area contributed by atoms with Crippen molar-refractivity contribution in [2.45, 2.75) is 26.2 Å². The highest BCUT2D eigenvalue weighted by molar-refractivity contribution is 6.07. The predicted molar refractivity (Wildman–Crippen MR) is 110 cm³/mol. The Balaban J connectivity index is 1.74. The normalized spacial score (nSPS) is 13.6. The van der Waals surface area contributed by atoms with Crippen molar-refractivity contribution in [1.82, 2.24) is 14.9 Å². The van der Waals surface area contributed by atoms with Gasteiger partial charge in [0.05, 0.1) is 17.7 Å². The molecule has 1 amide bonds. The molecule has 1 aliphatic rings. The van der Waals surface area contributed by atoms with E-state index in [4.69, 9.17) is 5.11 Å². The number of carbonyl (C=O) groups is 2. The maximum Gasteiger partial charge on any atom is 0.307 e. The first-order valence-corrected chi connectivity index (χ1v) is 9.64. The first-order valence-electron chi connectivity index (χ1n) is 9.64. The van der Waals surface area contributed by atoms with Crippen LogP contribution in [-0.2, 0) is 11.2 Å². The van der Waals surface area contributed by atoms with Crippen molar-refractivity contribution < 1.29 is 14.7 Å². The van der Waals surface area contributed by atoms with Gasteiger partial charge in [-0.25, -0.2) is 9.97 Å². The zero-order valence-electron chi connectivity index (χ0n) is 16.2. The fraction of sp³-hybridized carbons (Fsp3) is 0.273. The summed E-state index contributed by atoms with van der Waals surface area (Å²) in [6.07, 6.45) is 3.60. The van der Waals surface area contributed by atoms with Gasteiger partial charge < -0.3 is 15.3 Å². The molecule has 0 atom stereocenters. The quantitative estimate of drug-likeness (QED) is 0.692. The van der Waals surface area contributed by atoms with Crippen LogP contribution >= 0.6 is 0 Å². The highest BCUT2D eigenvalue weighted by Crippen LogP contribution is 2.30. The minimum atomic E-state index is -0.870. The van der Waals surface area contributed by atoms with Gasteiger partial charge in [0.1, 0.15) is 0 Å². The minimum absolute atomic E-state index is 0.0274. The standard InChI is InChI=1S/C22H22N4O3/c1-14-4-9-17-20(25-16-7-5-15(6-8-16)12-19(27)28)18(13-23-21(17)24-14)22(29)26-10-2-3-11-26/h4-9,13H,2-3,10-12H2,1H3,(H,27,28)(H,23,24,25). The van der Waals surface area contributed by atoms with Crippen LogP contribution in [0.3, 0.4) is 0 Å². The first kappa shape index (κ1) is 18.9. The average Bonchev–Trinajstić information content (AvgIpc) is 3.23. The van der Waals surface area contributed by atoms with Gasteiger partial charge in [0.2, 0.25) is 0 Å². The van der Waals surface area contributed by atoms with Crippen LogP contribution in [0, 0.1) is 6.92 Å². The number of hydrogen-bond donors (Lipinski definition) is 2. The summed E-state index contributed by atoms with van der Waals surface area (Å²) >= 11 is 0. The zero-order chi connectivity index (χ0) is 20.4. The second-order valence-corrected chi connectivity index (χ2v) is 7.26. The number of benzene rings is 1. The van der Waals surface area contributed by atoms with Crippen molar-refractivity contribution in [3.05, 3.63) is 59.4 Å². The van der Waals surface area contributed by atoms with Crippen LogP contribution < -0.4 is 5.32 Å². The third-order valence-electron chi connectivity index (χ3n) is 5.07. The molecule has 4 rings (SSSR count). The largest absolute Gasteiger partial charge is 0.481 e. The average molecular weight is 390 g/mol. The molecule has 3 aromatic rings. The molecule has 2 N–H and O–H groups in total. The Hall–Kier alpha value is -3.48. The van der Waals surface area contributed by atoms with Crippen molar-refractivity contribution in [3.8, 4) is 0 Å². The Bertz CT molecular complexity index is 1070. The summed E-state index contributed by atoms with van der Waals surface area (Å²) in [5, 5.41) is 13.1. The number of rotatable bonds is 5. The number of hydrogen-bond acceptors (Lipinski definition) is 5. The molecule has 0 spiro atoms. The maximum absolute atomic E-state index is 13.1. The Morgan fingerprint density at radius 3 is 2.52 bits per heavy atom. The van der Waals surface area contributed by atoms with Crippen LogP contribution in [0.5, 0.6) is 0 Å². The van der Waals surface area contributed by atoms with Gasteiger partial charge in [-0.15, -0.1) is 0 Å². The van der Waals surface area contributed by atoms with Gasteiger partial charge in [-0.2, -0.15) is 0 Å². The molecule has 0 aliphatic carbocycles. The summed E-state index contributed by atoms with van der Waals surface area (Å²) in [4.78, 5) is 34.8. The Labute approximate surface area is 168 Å². The summed E-state index contributed by atoms with van der Waals surface area (Å²) in [5.74, 6) is -0.909. The smallest absolute Gasteiger partial charge is 0.307 e. The molecule has 7 nitrogen and oxygen atoms in total. The summed E-state index contributed by atoms with van der Waals surface area (Å²) in [7, 11) is 0. The highest BCUT2D eigenvalue weighted by atomic mass is 16.4. The number of carbonyl (C=O) groups excluding carboxylic acids is 1. The van der Waals surface area contributed by atoms with E-state index in [-0.39, 0.29) is 12.3 Å². The van der Waals surface area contributed by atoms with Crippen molar-refractivity contribution >= 4 is 34.3 Å². The molecule has 1 saturated heterocycles. The number of nitrogens with one attached hydrogen (secondary N) is 1. The van der Waals surface area contributed by atoms with E-state index >= 15 is 0 Å². The summed E-state index contributed by atoms with van der Waals surface area (Å²) < 4.78 is 0. The van der Waals surface area contributed by atoms with E-state index in [9.17, 15) is 9.59 Å². The lowest BCUT2D eigenvalue weighted by Crippen LogP contribution is -2.28. The second-order valence-electron chi connectivity index (χ2n) is 7.26. The highest BCUT2D eigenvalue weighted by Gasteiger charge is 2.24. The van der Waals surface area contributed by atoms with Gasteiger partial charge in [0.15, 0.2) is 5.65 Å². The van der Waals surface area contributed by atoms with Crippen LogP contribution in [0.25, 0.3) is 11.0 Å². The minimum Gasteiger partial charge on any atom is -0.481 e. The van der Waals surface area contributed by atoms with Crippen LogP contribution in [-0.4, -0.2) is 44.9 Å². The van der Waals surface area contributed by atoms with Gasteiger partial charge in [0.25, 0.3) is 5.91 Å². The predicted octanol–water partition coefficient (Wildman–Crippen LogP) is 3.54. The van der Waals surface area contributed by atoms with Crippen molar-refractivity contribution in [3.63, 3.8) is 0 Å². The van der Waals surface area contributed by atoms with E-state index in [1.165, 1.54) is 0 Å². The second kappa shape index (κ2) is 7.87. The molecular weight excluding hydrogens is 368 g/mol. The van der Waals surface area contributed by atoms with Gasteiger partial charge in [-0.1, -0.05) is 12.1 Å². The topological polar surface area (TPSA) is 95.4 Å². The number of pyridine rings is 2. The van der Waals surface area contributed by atoms with Gasteiger partial charge in [0, 0.05) is 36.1 Å². The molecule has 1 fully saturated rings. The van der Waals surface area contributed by atoms with Gasteiger partial charge in [-0.05, 0) is 49.6 Å². The molecule has 0 unspecified atom stereocenters. The lowest BCUT2D eigenvalue weighted by atomic mass is 10.1. The van der Waals surface area contributed by atoms with Crippen molar-refractivity contribution in [2.24, 2.45) is 0 Å². The van der Waals surface area contributed by atoms with Crippen LogP contribution in [0.1, 0.15) is 34.5 Å². The number of carboxylic acid groups (broad SMARTS) is 1. The molecule has 0 bridgehead atoms. The zero-order valence-corrected chi connectivity index (χ0v) is 16.2. The number of amides is 1. The van der Waals surface area contributed by atoms with Gasteiger partial charge in [-0.3, -0.25) is 9.59 Å². The van der Waals surface area contributed by atoms with E-state index in [0.29, 0.717) is 22.5 Å². The van der Waals surface area contributed by atoms with Crippen LogP contribution in [0.4, 0.5) is 11.4 Å². The van der Waals surface area contributed by atoms with E-state index in [1.54, 1.807) is 18.3 Å². The summed E-state index contributed by atoms with van der Waals surface area (Å²) in [6.45, 7) is 3.41. The Morgan fingerprint density at radius 1 is 1.10 bits per heavy atom. The molecule has 0 saturated carbocycles. The van der Waals surface area contributed by atoms with Crippen LogP contribution in [0.15, 0.2) is 42.6 Å². The monoisotopic (exact) mass is 390 g/mol. The molecule has 3 heterocycles. The van der Waals surface area contributed by atoms with E-state index in [1.807, 2.05) is 36.1 Å². The summed E-state index contributed by atoms with van der Waals surface area (Å²) in [5.41, 5.74) is 4.10. The number of aromatic nitrogens is 2. The number of carboxylic acids is 1. The lowest BCUT2D eigenvalue weighted by molar-refractivity contribution is -0.136. The molecule has 2 aromatic heterocycles. The maximum atomic E-state index is 13.1. The molecule has 148 valence electrons.